The van der Waals surface area contributed by atoms with E-state index in [-0.39, 0.29) is 0 Å². The molecule has 0 unspecified atom stereocenters. The zero-order valence-corrected chi connectivity index (χ0v) is 8.27. The summed E-state index contributed by atoms with van der Waals surface area (Å²) in [4.78, 5) is 0. The van der Waals surface area contributed by atoms with Crippen LogP contribution in [0.4, 0.5) is 5.69 Å². The highest BCUT2D eigenvalue weighted by Crippen LogP contribution is 2.23. The summed E-state index contributed by atoms with van der Waals surface area (Å²) in [5.74, 6) is 6.56. The van der Waals surface area contributed by atoms with Gasteiger partial charge < -0.3 is 10.2 Å². The lowest BCUT2D eigenvalue weighted by atomic mass is 10.2. The van der Waals surface area contributed by atoms with Gasteiger partial charge in [-0.15, -0.1) is 11.6 Å². The third-order valence-electron chi connectivity index (χ3n) is 1.69. The molecule has 4 heteroatoms. The van der Waals surface area contributed by atoms with E-state index >= 15 is 0 Å². The summed E-state index contributed by atoms with van der Waals surface area (Å²) in [6.07, 6.45) is 0. The second kappa shape index (κ2) is 4.94. The van der Waals surface area contributed by atoms with Crippen molar-refractivity contribution >= 4 is 17.3 Å². The van der Waals surface area contributed by atoms with Gasteiger partial charge in [0, 0.05) is 11.9 Å². The quantitative estimate of drug-likeness (QED) is 0.445. The van der Waals surface area contributed by atoms with E-state index in [4.69, 9.17) is 22.2 Å². The molecule has 0 atom stereocenters. The van der Waals surface area contributed by atoms with Crippen LogP contribution in [0, 0.1) is 0 Å². The predicted molar refractivity (Wildman–Crippen MR) is 55.0 cm³/mol. The number of anilines is 1. The molecule has 0 radical (unpaired) electrons. The Balaban J connectivity index is 2.91. The molecule has 0 spiro atoms. The van der Waals surface area contributed by atoms with Crippen LogP contribution >= 0.6 is 11.6 Å². The summed E-state index contributed by atoms with van der Waals surface area (Å²) < 4.78 is 5.31. The molecule has 0 bridgehead atoms. The normalized spacial score (nSPS) is 9.77. The van der Waals surface area contributed by atoms with E-state index in [0.717, 1.165) is 17.0 Å². The van der Waals surface area contributed by atoms with Crippen molar-refractivity contribution in [3.63, 3.8) is 0 Å². The van der Waals surface area contributed by atoms with Crippen molar-refractivity contribution in [2.75, 3.05) is 12.0 Å². The van der Waals surface area contributed by atoms with E-state index < -0.39 is 0 Å². The molecule has 1 rings (SSSR count). The standard InChI is InChI=1S/C9H13ClN2O/c1-2-13-8-4-3-7(6-10)9(5-8)12-11/h3-5,12H,2,6,11H2,1H3. The Labute approximate surface area is 82.8 Å². The van der Waals surface area contributed by atoms with Gasteiger partial charge in [0.25, 0.3) is 0 Å². The van der Waals surface area contributed by atoms with Crippen molar-refractivity contribution in [2.45, 2.75) is 12.8 Å². The maximum absolute atomic E-state index is 5.70. The van der Waals surface area contributed by atoms with Crippen LogP contribution in [0.5, 0.6) is 5.75 Å². The predicted octanol–water partition coefficient (Wildman–Crippen LogP) is 2.11. The summed E-state index contributed by atoms with van der Waals surface area (Å²) in [6, 6.07) is 5.61. The van der Waals surface area contributed by atoms with Gasteiger partial charge in [-0.25, -0.2) is 0 Å². The van der Waals surface area contributed by atoms with Gasteiger partial charge in [0.2, 0.25) is 0 Å². The van der Waals surface area contributed by atoms with Crippen LogP contribution in [0.25, 0.3) is 0 Å². The minimum Gasteiger partial charge on any atom is -0.494 e. The topological polar surface area (TPSA) is 47.3 Å². The number of hydrazine groups is 1. The number of nitrogens with one attached hydrogen (secondary N) is 1. The van der Waals surface area contributed by atoms with Gasteiger partial charge in [-0.2, -0.15) is 0 Å². The highest BCUT2D eigenvalue weighted by Gasteiger charge is 2.01. The van der Waals surface area contributed by atoms with E-state index in [9.17, 15) is 0 Å². The number of halogens is 1. The first-order valence-electron chi connectivity index (χ1n) is 4.10. The third kappa shape index (κ3) is 2.50. The summed E-state index contributed by atoms with van der Waals surface area (Å²) in [7, 11) is 0. The Morgan fingerprint density at radius 3 is 2.85 bits per heavy atom. The fraction of sp³-hybridized carbons (Fsp3) is 0.333. The molecule has 0 fully saturated rings. The molecule has 0 saturated heterocycles. The van der Waals surface area contributed by atoms with E-state index in [1.165, 1.54) is 0 Å². The number of hydrogen-bond donors (Lipinski definition) is 2. The maximum atomic E-state index is 5.70. The van der Waals surface area contributed by atoms with Gasteiger partial charge in [0.15, 0.2) is 0 Å². The Bertz CT molecular complexity index is 278. The summed E-state index contributed by atoms with van der Waals surface area (Å²) in [5, 5.41) is 0. The van der Waals surface area contributed by atoms with Crippen molar-refractivity contribution in [3.05, 3.63) is 23.8 Å². The molecule has 0 saturated carbocycles. The molecule has 72 valence electrons. The second-order valence-electron chi connectivity index (χ2n) is 2.53. The zero-order valence-electron chi connectivity index (χ0n) is 7.51. The molecular weight excluding hydrogens is 188 g/mol. The van der Waals surface area contributed by atoms with Crippen molar-refractivity contribution in [2.24, 2.45) is 5.84 Å². The fourth-order valence-electron chi connectivity index (χ4n) is 1.06. The lowest BCUT2D eigenvalue weighted by molar-refractivity contribution is 0.340. The Hall–Kier alpha value is -0.930. The van der Waals surface area contributed by atoms with Crippen LogP contribution < -0.4 is 16.0 Å². The maximum Gasteiger partial charge on any atom is 0.121 e. The monoisotopic (exact) mass is 200 g/mol. The first-order valence-corrected chi connectivity index (χ1v) is 4.63. The SMILES string of the molecule is CCOc1ccc(CCl)c(NN)c1. The molecule has 0 aromatic heterocycles. The van der Waals surface area contributed by atoms with E-state index in [1.54, 1.807) is 0 Å². The lowest BCUT2D eigenvalue weighted by Crippen LogP contribution is -2.09. The minimum atomic E-state index is 0.436. The number of ether oxygens (including phenoxy) is 1. The Kier molecular flexibility index (Phi) is 3.86. The molecule has 3 nitrogen and oxygen atoms in total. The highest BCUT2D eigenvalue weighted by molar-refractivity contribution is 6.17. The molecule has 13 heavy (non-hydrogen) atoms. The molecule has 0 aliphatic carbocycles. The number of benzene rings is 1. The van der Waals surface area contributed by atoms with Crippen LogP contribution in [0.15, 0.2) is 18.2 Å². The third-order valence-corrected chi connectivity index (χ3v) is 1.98. The molecule has 0 aliphatic heterocycles. The average molecular weight is 201 g/mol. The smallest absolute Gasteiger partial charge is 0.121 e. The molecule has 0 aliphatic rings. The number of nitrogens with two attached hydrogens (primary N) is 1. The van der Waals surface area contributed by atoms with Crippen LogP contribution in [0.3, 0.4) is 0 Å². The van der Waals surface area contributed by atoms with E-state index in [2.05, 4.69) is 5.43 Å². The fourth-order valence-corrected chi connectivity index (χ4v) is 1.30. The van der Waals surface area contributed by atoms with Gasteiger partial charge in [-0.05, 0) is 18.6 Å². The van der Waals surface area contributed by atoms with E-state index in [1.807, 2.05) is 25.1 Å². The van der Waals surface area contributed by atoms with Crippen molar-refractivity contribution in [3.8, 4) is 5.75 Å². The molecule has 1 aromatic carbocycles. The Morgan fingerprint density at radius 2 is 2.31 bits per heavy atom. The molecular formula is C9H13ClN2O. The number of nitrogen functional groups attached to an aromatic ring is 1. The zero-order chi connectivity index (χ0) is 9.68. The summed E-state index contributed by atoms with van der Waals surface area (Å²) >= 11 is 5.70. The number of alkyl halides is 1. The van der Waals surface area contributed by atoms with Gasteiger partial charge in [0.1, 0.15) is 5.75 Å². The summed E-state index contributed by atoms with van der Waals surface area (Å²) in [5.41, 5.74) is 4.35. The van der Waals surface area contributed by atoms with Crippen molar-refractivity contribution in [1.29, 1.82) is 0 Å². The first kappa shape index (κ1) is 10.2. The van der Waals surface area contributed by atoms with Gasteiger partial charge in [0.05, 0.1) is 12.3 Å². The van der Waals surface area contributed by atoms with Gasteiger partial charge >= 0.3 is 0 Å². The van der Waals surface area contributed by atoms with E-state index in [0.29, 0.717) is 12.5 Å². The minimum absolute atomic E-state index is 0.436. The first-order chi connectivity index (χ1) is 6.31. The van der Waals surface area contributed by atoms with Crippen LogP contribution in [-0.4, -0.2) is 6.61 Å². The molecule has 0 heterocycles. The van der Waals surface area contributed by atoms with Crippen LogP contribution in [0.2, 0.25) is 0 Å². The second-order valence-corrected chi connectivity index (χ2v) is 2.80. The van der Waals surface area contributed by atoms with Crippen LogP contribution in [-0.2, 0) is 5.88 Å². The summed E-state index contributed by atoms with van der Waals surface area (Å²) in [6.45, 7) is 2.58. The highest BCUT2D eigenvalue weighted by atomic mass is 35.5. The lowest BCUT2D eigenvalue weighted by Gasteiger charge is -2.09. The van der Waals surface area contributed by atoms with Crippen molar-refractivity contribution in [1.82, 2.24) is 0 Å². The molecule has 1 aromatic rings. The van der Waals surface area contributed by atoms with Crippen LogP contribution in [0.1, 0.15) is 12.5 Å². The Morgan fingerprint density at radius 1 is 1.54 bits per heavy atom. The largest absolute Gasteiger partial charge is 0.494 e. The van der Waals surface area contributed by atoms with Crippen molar-refractivity contribution < 1.29 is 4.74 Å². The molecule has 0 amide bonds. The van der Waals surface area contributed by atoms with Gasteiger partial charge in [-0.3, -0.25) is 5.84 Å². The molecule has 3 N–H and O–H groups in total. The average Bonchev–Trinajstić information content (AvgIpc) is 2.18. The number of rotatable bonds is 4. The van der Waals surface area contributed by atoms with Gasteiger partial charge in [-0.1, -0.05) is 6.07 Å². The number of hydrogen-bond acceptors (Lipinski definition) is 3.